The van der Waals surface area contributed by atoms with E-state index in [-0.39, 0.29) is 12.5 Å². The summed E-state index contributed by atoms with van der Waals surface area (Å²) in [4.78, 5) is 12.9. The zero-order valence-corrected chi connectivity index (χ0v) is 41.6. The molecular formula is C58H93NO8. The first kappa shape index (κ1) is 61.3. The van der Waals surface area contributed by atoms with Crippen LogP contribution in [-0.4, -0.2) is 87.5 Å². The van der Waals surface area contributed by atoms with Gasteiger partial charge in [-0.3, -0.25) is 4.79 Å². The number of nitrogens with one attached hydrogen (secondary N) is 1. The maximum absolute atomic E-state index is 12.9. The maximum atomic E-state index is 12.9. The van der Waals surface area contributed by atoms with Gasteiger partial charge in [-0.2, -0.15) is 0 Å². The zero-order valence-electron chi connectivity index (χ0n) is 41.6. The average molecular weight is 932 g/mol. The number of ether oxygens (including phenoxy) is 2. The molecule has 1 rings (SSSR count). The van der Waals surface area contributed by atoms with Gasteiger partial charge in [-0.1, -0.05) is 199 Å². The van der Waals surface area contributed by atoms with Crippen molar-refractivity contribution < 1.29 is 39.8 Å². The largest absolute Gasteiger partial charge is 0.394 e. The summed E-state index contributed by atoms with van der Waals surface area (Å²) in [6.45, 7) is 3.51. The first-order valence-corrected chi connectivity index (χ1v) is 25.9. The number of carbonyl (C=O) groups is 1. The number of hydrogen-bond donors (Lipinski definition) is 6. The summed E-state index contributed by atoms with van der Waals surface area (Å²) in [5.74, 6) is -0.200. The van der Waals surface area contributed by atoms with E-state index in [9.17, 15) is 30.3 Å². The highest BCUT2D eigenvalue weighted by molar-refractivity contribution is 5.76. The molecule has 1 saturated heterocycles. The minimum absolute atomic E-state index is 0.200. The normalized spacial score (nSPS) is 20.9. The molecule has 6 N–H and O–H groups in total. The predicted octanol–water partition coefficient (Wildman–Crippen LogP) is 12.2. The maximum Gasteiger partial charge on any atom is 0.220 e. The van der Waals surface area contributed by atoms with Crippen LogP contribution in [0.4, 0.5) is 0 Å². The summed E-state index contributed by atoms with van der Waals surface area (Å²) in [6, 6.07) is -0.814. The van der Waals surface area contributed by atoms with Gasteiger partial charge < -0.3 is 40.3 Å². The molecule has 9 heteroatoms. The lowest BCUT2D eigenvalue weighted by molar-refractivity contribution is -0.302. The van der Waals surface area contributed by atoms with Crippen LogP contribution >= 0.6 is 0 Å². The molecular weight excluding hydrogens is 839 g/mol. The molecule has 7 atom stereocenters. The summed E-state index contributed by atoms with van der Waals surface area (Å²) in [6.07, 6.45) is 64.3. The molecule has 1 fully saturated rings. The van der Waals surface area contributed by atoms with Crippen LogP contribution in [0.15, 0.2) is 134 Å². The molecule has 1 aliphatic heterocycles. The molecule has 0 aliphatic carbocycles. The van der Waals surface area contributed by atoms with Gasteiger partial charge in [0.05, 0.1) is 25.4 Å². The van der Waals surface area contributed by atoms with E-state index in [1.165, 1.54) is 25.7 Å². The zero-order chi connectivity index (χ0) is 48.7. The Labute approximate surface area is 407 Å². The van der Waals surface area contributed by atoms with Crippen molar-refractivity contribution in [2.75, 3.05) is 13.2 Å². The highest BCUT2D eigenvalue weighted by atomic mass is 16.7. The molecule has 67 heavy (non-hydrogen) atoms. The van der Waals surface area contributed by atoms with E-state index >= 15 is 0 Å². The molecule has 0 spiro atoms. The molecule has 0 radical (unpaired) electrons. The summed E-state index contributed by atoms with van der Waals surface area (Å²) >= 11 is 0. The lowest BCUT2D eigenvalue weighted by Gasteiger charge is -2.40. The lowest BCUT2D eigenvalue weighted by atomic mass is 9.99. The second-order valence-electron chi connectivity index (χ2n) is 17.2. The van der Waals surface area contributed by atoms with Gasteiger partial charge in [-0.05, 0) is 96.3 Å². The Morgan fingerprint density at radius 1 is 0.522 bits per heavy atom. The van der Waals surface area contributed by atoms with Gasteiger partial charge in [-0.25, -0.2) is 0 Å². The molecule has 7 unspecified atom stereocenters. The van der Waals surface area contributed by atoms with Crippen LogP contribution in [-0.2, 0) is 14.3 Å². The van der Waals surface area contributed by atoms with E-state index in [4.69, 9.17) is 9.47 Å². The van der Waals surface area contributed by atoms with Gasteiger partial charge in [0.25, 0.3) is 0 Å². The number of amides is 1. The Kier molecular flexibility index (Phi) is 42.2. The summed E-state index contributed by atoms with van der Waals surface area (Å²) in [7, 11) is 0. The number of hydrogen-bond acceptors (Lipinski definition) is 8. The minimum atomic E-state index is -1.57. The SMILES string of the molecule is CC/C=C\C/C=C\C/C=C\C/C=C\C/C=C\C/C=C\C/C=C\C/C=C\C/C=C\C/C=C\CCCCCCCCCCC(=O)NC(COC1OC(CO)C(O)C(O)C1O)C(O)/C=C/CCCCC. The highest BCUT2D eigenvalue weighted by Gasteiger charge is 2.44. The third-order valence-corrected chi connectivity index (χ3v) is 11.2. The van der Waals surface area contributed by atoms with Gasteiger partial charge >= 0.3 is 0 Å². The molecule has 9 nitrogen and oxygen atoms in total. The smallest absolute Gasteiger partial charge is 0.220 e. The molecule has 1 amide bonds. The second kappa shape index (κ2) is 46.1. The van der Waals surface area contributed by atoms with Crippen molar-refractivity contribution >= 4 is 5.91 Å². The Hall–Kier alpha value is -3.67. The van der Waals surface area contributed by atoms with Crippen LogP contribution in [0.3, 0.4) is 0 Å². The van der Waals surface area contributed by atoms with Crippen LogP contribution in [0, 0.1) is 0 Å². The molecule has 1 heterocycles. The third-order valence-electron chi connectivity index (χ3n) is 11.2. The quantitative estimate of drug-likeness (QED) is 0.0262. The molecule has 378 valence electrons. The fourth-order valence-corrected chi connectivity index (χ4v) is 7.12. The number of unbranched alkanes of at least 4 members (excludes halogenated alkanes) is 11. The van der Waals surface area contributed by atoms with Crippen LogP contribution in [0.5, 0.6) is 0 Å². The van der Waals surface area contributed by atoms with Gasteiger partial charge in [0.1, 0.15) is 24.4 Å². The van der Waals surface area contributed by atoms with Gasteiger partial charge in [0.15, 0.2) is 6.29 Å². The lowest BCUT2D eigenvalue weighted by Crippen LogP contribution is -2.60. The third kappa shape index (κ3) is 36.0. The fourth-order valence-electron chi connectivity index (χ4n) is 7.12. The summed E-state index contributed by atoms with van der Waals surface area (Å²) in [5.41, 5.74) is 0. The second-order valence-corrected chi connectivity index (χ2v) is 17.2. The fraction of sp³-hybridized carbons (Fsp3) is 0.603. The molecule has 0 saturated carbocycles. The Bertz CT molecular complexity index is 1500. The van der Waals surface area contributed by atoms with Crippen LogP contribution in [0.1, 0.15) is 168 Å². The summed E-state index contributed by atoms with van der Waals surface area (Å²) in [5, 5.41) is 53.7. The Morgan fingerprint density at radius 3 is 1.37 bits per heavy atom. The van der Waals surface area contributed by atoms with Crippen molar-refractivity contribution in [3.8, 4) is 0 Å². The van der Waals surface area contributed by atoms with Crippen molar-refractivity contribution in [3.05, 3.63) is 134 Å². The van der Waals surface area contributed by atoms with Crippen LogP contribution in [0.2, 0.25) is 0 Å². The van der Waals surface area contributed by atoms with E-state index in [0.717, 1.165) is 122 Å². The number of carbonyl (C=O) groups excluding carboxylic acids is 1. The van der Waals surface area contributed by atoms with Gasteiger partial charge in [0.2, 0.25) is 5.91 Å². The Balaban J connectivity index is 2.08. The monoisotopic (exact) mass is 932 g/mol. The van der Waals surface area contributed by atoms with Crippen LogP contribution in [0.25, 0.3) is 0 Å². The highest BCUT2D eigenvalue weighted by Crippen LogP contribution is 2.22. The van der Waals surface area contributed by atoms with E-state index in [1.807, 2.05) is 6.08 Å². The predicted molar refractivity (Wildman–Crippen MR) is 280 cm³/mol. The van der Waals surface area contributed by atoms with E-state index < -0.39 is 49.5 Å². The first-order chi connectivity index (χ1) is 32.8. The van der Waals surface area contributed by atoms with Gasteiger partial charge in [0, 0.05) is 6.42 Å². The van der Waals surface area contributed by atoms with Gasteiger partial charge in [-0.15, -0.1) is 0 Å². The average Bonchev–Trinajstić information content (AvgIpc) is 3.33. The van der Waals surface area contributed by atoms with Crippen LogP contribution < -0.4 is 5.32 Å². The van der Waals surface area contributed by atoms with E-state index in [0.29, 0.717) is 6.42 Å². The number of rotatable bonds is 41. The molecule has 1 aliphatic rings. The van der Waals surface area contributed by atoms with Crippen molar-refractivity contribution in [2.24, 2.45) is 0 Å². The van der Waals surface area contributed by atoms with E-state index in [1.54, 1.807) is 6.08 Å². The van der Waals surface area contributed by atoms with Crippen molar-refractivity contribution in [1.82, 2.24) is 5.32 Å². The Morgan fingerprint density at radius 2 is 0.925 bits per heavy atom. The minimum Gasteiger partial charge on any atom is -0.394 e. The number of aliphatic hydroxyl groups is 5. The molecule has 0 aromatic rings. The van der Waals surface area contributed by atoms with Crippen molar-refractivity contribution in [3.63, 3.8) is 0 Å². The molecule has 0 aromatic heterocycles. The first-order valence-electron chi connectivity index (χ1n) is 25.9. The summed E-state index contributed by atoms with van der Waals surface area (Å²) < 4.78 is 11.1. The van der Waals surface area contributed by atoms with Crippen molar-refractivity contribution in [2.45, 2.75) is 211 Å². The number of aliphatic hydroxyl groups excluding tert-OH is 5. The van der Waals surface area contributed by atoms with E-state index in [2.05, 4.69) is 141 Å². The topological polar surface area (TPSA) is 149 Å². The standard InChI is InChI=1S/C58H93NO8/c1-3-5-7-9-10-11-12-13-14-15-16-17-18-19-20-21-22-23-24-25-26-27-28-29-30-31-32-33-34-35-36-37-38-39-40-41-42-44-46-48-54(62)59-51(52(61)47-45-43-8-6-4-2)50-66-58-57(65)56(64)55(63)53(49-60)67-58/h5,7,10-11,13-14,16-17,19-20,22-23,25-26,28-29,31-32,34-35,45,47,51-53,55-58,60-61,63-65H,3-4,6,8-9,12,15,18,21,24,27,30,33,36-44,46,48-50H2,1-2H3,(H,59,62)/b7-5-,11-10-,14-13-,17-16-,20-19-,23-22-,26-25-,29-28-,32-31-,35-34-,47-45+. The number of allylic oxidation sites excluding steroid dienone is 21. The molecule has 0 aromatic carbocycles. The molecule has 0 bridgehead atoms. The van der Waals surface area contributed by atoms with Crippen molar-refractivity contribution in [1.29, 1.82) is 0 Å².